The zero-order valence-corrected chi connectivity index (χ0v) is 17.8. The number of anilines is 1. The topological polar surface area (TPSA) is 46.0 Å². The van der Waals surface area contributed by atoms with Crippen LogP contribution in [0.2, 0.25) is 0 Å². The molecule has 5 heteroatoms. The van der Waals surface area contributed by atoms with Gasteiger partial charge in [-0.1, -0.05) is 24.3 Å². The van der Waals surface area contributed by atoms with Crippen LogP contribution >= 0.6 is 0 Å². The third-order valence-electron chi connectivity index (χ3n) is 7.18. The van der Waals surface area contributed by atoms with Crippen molar-refractivity contribution < 1.29 is 0 Å². The number of para-hydroxylation sites is 1. The summed E-state index contributed by atoms with van der Waals surface area (Å²) in [5, 5.41) is 13.9. The highest BCUT2D eigenvalue weighted by Gasteiger charge is 2.39. The molecule has 4 aromatic rings. The van der Waals surface area contributed by atoms with Gasteiger partial charge in [-0.05, 0) is 81.2 Å². The van der Waals surface area contributed by atoms with Crippen molar-refractivity contribution in [3.63, 3.8) is 0 Å². The maximum atomic E-state index is 4.54. The first-order valence-corrected chi connectivity index (χ1v) is 11.3. The van der Waals surface area contributed by atoms with Gasteiger partial charge < -0.3 is 9.88 Å². The van der Waals surface area contributed by atoms with Crippen molar-refractivity contribution in [1.82, 2.24) is 19.7 Å². The molecule has 0 radical (unpaired) electrons. The Bertz CT molecular complexity index is 1190. The minimum Gasteiger partial charge on any atom is -0.364 e. The fourth-order valence-corrected chi connectivity index (χ4v) is 5.39. The van der Waals surface area contributed by atoms with E-state index in [1.807, 2.05) is 6.07 Å². The molecule has 2 aromatic carbocycles. The van der Waals surface area contributed by atoms with Gasteiger partial charge in [-0.25, -0.2) is 0 Å². The molecule has 3 aliphatic rings. The van der Waals surface area contributed by atoms with Crippen LogP contribution < -0.4 is 5.32 Å². The average molecular weight is 410 g/mol. The van der Waals surface area contributed by atoms with Crippen LogP contribution in [0.1, 0.15) is 19.8 Å². The van der Waals surface area contributed by atoms with E-state index in [0.717, 1.165) is 23.0 Å². The predicted molar refractivity (Wildman–Crippen MR) is 125 cm³/mol. The van der Waals surface area contributed by atoms with Crippen molar-refractivity contribution in [2.24, 2.45) is 5.92 Å². The minimum absolute atomic E-state index is 0.469. The first-order valence-electron chi connectivity index (χ1n) is 11.3. The summed E-state index contributed by atoms with van der Waals surface area (Å²) in [6.07, 6.45) is 4.70. The molecule has 3 fully saturated rings. The number of benzene rings is 2. The van der Waals surface area contributed by atoms with E-state index in [0.29, 0.717) is 12.1 Å². The fourth-order valence-electron chi connectivity index (χ4n) is 5.39. The van der Waals surface area contributed by atoms with Gasteiger partial charge in [0.2, 0.25) is 0 Å². The van der Waals surface area contributed by atoms with Crippen molar-refractivity contribution in [3.05, 3.63) is 72.9 Å². The van der Waals surface area contributed by atoms with E-state index in [1.54, 1.807) is 0 Å². The molecule has 0 spiro atoms. The number of hydrogen-bond acceptors (Lipinski definition) is 4. The van der Waals surface area contributed by atoms with Crippen molar-refractivity contribution in [3.8, 4) is 16.9 Å². The Labute approximate surface area is 182 Å². The van der Waals surface area contributed by atoms with Gasteiger partial charge in [-0.15, -0.1) is 10.2 Å². The summed E-state index contributed by atoms with van der Waals surface area (Å²) in [6, 6.07) is 24.3. The van der Waals surface area contributed by atoms with Crippen LogP contribution in [0.15, 0.2) is 72.9 Å². The summed E-state index contributed by atoms with van der Waals surface area (Å²) in [7, 11) is 0. The number of nitrogens with zero attached hydrogens (tertiary/aromatic N) is 4. The molecule has 3 aliphatic heterocycles. The third-order valence-corrected chi connectivity index (χ3v) is 7.18. The molecule has 2 aromatic heterocycles. The largest absolute Gasteiger partial charge is 0.364 e. The number of piperidine rings is 3. The lowest BCUT2D eigenvalue weighted by Gasteiger charge is -2.50. The summed E-state index contributed by atoms with van der Waals surface area (Å²) in [6.45, 7) is 4.81. The van der Waals surface area contributed by atoms with Crippen molar-refractivity contribution >= 4 is 16.7 Å². The van der Waals surface area contributed by atoms with Crippen LogP contribution in [-0.2, 0) is 0 Å². The van der Waals surface area contributed by atoms with Gasteiger partial charge in [-0.3, -0.25) is 4.90 Å². The second-order valence-corrected chi connectivity index (χ2v) is 8.88. The Morgan fingerprint density at radius 2 is 1.74 bits per heavy atom. The molecule has 7 rings (SSSR count). The Morgan fingerprint density at radius 1 is 0.903 bits per heavy atom. The molecule has 0 saturated carbocycles. The molecule has 31 heavy (non-hydrogen) atoms. The second-order valence-electron chi connectivity index (χ2n) is 8.88. The quantitative estimate of drug-likeness (QED) is 0.516. The highest BCUT2D eigenvalue weighted by molar-refractivity contribution is 5.86. The fraction of sp³-hybridized carbons (Fsp3) is 0.308. The van der Waals surface area contributed by atoms with Crippen molar-refractivity contribution in [2.45, 2.75) is 31.8 Å². The molecule has 1 N–H and O–H groups in total. The van der Waals surface area contributed by atoms with Gasteiger partial charge in [0.25, 0.3) is 0 Å². The molecular weight excluding hydrogens is 382 g/mol. The van der Waals surface area contributed by atoms with E-state index in [4.69, 9.17) is 0 Å². The van der Waals surface area contributed by atoms with E-state index >= 15 is 0 Å². The second kappa shape index (κ2) is 7.50. The van der Waals surface area contributed by atoms with Crippen LogP contribution in [0.25, 0.3) is 27.8 Å². The average Bonchev–Trinajstić information content (AvgIpc) is 3.26. The standard InChI is InChI=1S/C26H27N5/c1-18-26(19-11-14-30(18)15-12-19)27-25-10-8-23(28-29-25)20-7-9-24-21(17-20)13-16-31(24)22-5-3-2-4-6-22/h2-10,13,16-19,26H,11-12,14-15H2,1H3,(H,27,29)/t18-,26+/m1/s1. The summed E-state index contributed by atoms with van der Waals surface area (Å²) in [5.74, 6) is 1.63. The lowest BCUT2D eigenvalue weighted by Crippen LogP contribution is -2.59. The number of aromatic nitrogens is 3. The third kappa shape index (κ3) is 3.29. The Morgan fingerprint density at radius 3 is 2.48 bits per heavy atom. The molecular formula is C26H27N5. The van der Waals surface area contributed by atoms with E-state index in [9.17, 15) is 0 Å². The molecule has 0 aliphatic carbocycles. The molecule has 0 amide bonds. The van der Waals surface area contributed by atoms with Gasteiger partial charge in [0.15, 0.2) is 0 Å². The SMILES string of the molecule is C[C@@H]1[C@H](Nc2ccc(-c3ccc4c(ccn4-c4ccccc4)c3)nn2)C2CCN1CC2. The van der Waals surface area contributed by atoms with Crippen LogP contribution in [0.4, 0.5) is 5.82 Å². The normalized spacial score (nSPS) is 25.1. The van der Waals surface area contributed by atoms with Crippen LogP contribution in [0.3, 0.4) is 0 Å². The molecule has 5 nitrogen and oxygen atoms in total. The maximum Gasteiger partial charge on any atom is 0.148 e. The van der Waals surface area contributed by atoms with Gasteiger partial charge in [0.1, 0.15) is 5.82 Å². The summed E-state index contributed by atoms with van der Waals surface area (Å²) in [5.41, 5.74) is 4.36. The first kappa shape index (κ1) is 18.6. The van der Waals surface area contributed by atoms with Crippen LogP contribution in [-0.4, -0.2) is 44.8 Å². The van der Waals surface area contributed by atoms with E-state index in [1.165, 1.54) is 42.5 Å². The Kier molecular flexibility index (Phi) is 4.50. The number of rotatable bonds is 4. The maximum absolute atomic E-state index is 4.54. The van der Waals surface area contributed by atoms with E-state index in [2.05, 4.69) is 98.8 Å². The molecule has 5 heterocycles. The first-order chi connectivity index (χ1) is 15.3. The highest BCUT2D eigenvalue weighted by Crippen LogP contribution is 2.34. The van der Waals surface area contributed by atoms with Gasteiger partial charge in [0, 0.05) is 34.9 Å². The molecule has 0 unspecified atom stereocenters. The summed E-state index contributed by atoms with van der Waals surface area (Å²) < 4.78 is 2.22. The lowest BCUT2D eigenvalue weighted by molar-refractivity contribution is 0.0457. The minimum atomic E-state index is 0.469. The molecule has 2 bridgehead atoms. The lowest BCUT2D eigenvalue weighted by atomic mass is 9.79. The van der Waals surface area contributed by atoms with Gasteiger partial charge in [-0.2, -0.15) is 0 Å². The molecule has 2 atom stereocenters. The summed E-state index contributed by atoms with van der Waals surface area (Å²) >= 11 is 0. The number of fused-ring (bicyclic) bond motifs is 4. The predicted octanol–water partition coefficient (Wildman–Crippen LogP) is 4.98. The smallest absolute Gasteiger partial charge is 0.148 e. The van der Waals surface area contributed by atoms with Crippen LogP contribution in [0, 0.1) is 5.92 Å². The Balaban J connectivity index is 1.23. The molecule has 3 saturated heterocycles. The summed E-state index contributed by atoms with van der Waals surface area (Å²) in [4.78, 5) is 2.59. The van der Waals surface area contributed by atoms with Crippen LogP contribution in [0.5, 0.6) is 0 Å². The van der Waals surface area contributed by atoms with Crippen molar-refractivity contribution in [1.29, 1.82) is 0 Å². The molecule has 156 valence electrons. The number of nitrogens with one attached hydrogen (secondary N) is 1. The van der Waals surface area contributed by atoms with Gasteiger partial charge >= 0.3 is 0 Å². The number of hydrogen-bond donors (Lipinski definition) is 1. The zero-order chi connectivity index (χ0) is 20.8. The van der Waals surface area contributed by atoms with E-state index < -0.39 is 0 Å². The highest BCUT2D eigenvalue weighted by atomic mass is 15.2. The van der Waals surface area contributed by atoms with Gasteiger partial charge in [0.05, 0.1) is 11.2 Å². The van der Waals surface area contributed by atoms with E-state index in [-0.39, 0.29) is 0 Å². The monoisotopic (exact) mass is 409 g/mol. The van der Waals surface area contributed by atoms with Crippen molar-refractivity contribution in [2.75, 3.05) is 18.4 Å². The zero-order valence-electron chi connectivity index (χ0n) is 17.8. The Hall–Kier alpha value is -3.18.